The highest BCUT2D eigenvalue weighted by atomic mass is 16.5. The molecule has 0 atom stereocenters. The molecule has 0 saturated carbocycles. The Hall–Kier alpha value is -3.67. The maximum Gasteiger partial charge on any atom is 0.216 e. The van der Waals surface area contributed by atoms with Gasteiger partial charge in [0.05, 0.1) is 5.69 Å². The highest BCUT2D eigenvalue weighted by Gasteiger charge is 2.05. The second kappa shape index (κ2) is 7.74. The Morgan fingerprint density at radius 3 is 2.88 bits per heavy atom. The lowest BCUT2D eigenvalue weighted by atomic mass is 10.2. The average Bonchev–Trinajstić information content (AvgIpc) is 3.33. The maximum atomic E-state index is 9.12. The van der Waals surface area contributed by atoms with E-state index in [0.29, 0.717) is 6.61 Å². The summed E-state index contributed by atoms with van der Waals surface area (Å²) in [6, 6.07) is 11.4. The molecule has 0 aliphatic carbocycles. The second-order valence-corrected chi connectivity index (χ2v) is 5.00. The minimum Gasteiger partial charge on any atom is -0.487 e. The first-order valence-corrected chi connectivity index (χ1v) is 7.64. The monoisotopic (exact) mass is 336 g/mol. The number of aromatic nitrogens is 6. The van der Waals surface area contributed by atoms with Crippen LogP contribution in [0.3, 0.4) is 0 Å². The fraction of sp³-hybridized carbons (Fsp3) is 0.188. The highest BCUT2D eigenvalue weighted by molar-refractivity contribution is 5.74. The van der Waals surface area contributed by atoms with Gasteiger partial charge in [-0.05, 0) is 42.5 Å². The molecule has 126 valence electrons. The van der Waals surface area contributed by atoms with Gasteiger partial charge >= 0.3 is 0 Å². The van der Waals surface area contributed by atoms with Crippen molar-refractivity contribution in [3.8, 4) is 11.8 Å². The number of nitrogens with one attached hydrogen (secondary N) is 2. The molecule has 0 fully saturated rings. The minimum atomic E-state index is 0.238. The molecule has 25 heavy (non-hydrogen) atoms. The van der Waals surface area contributed by atoms with Gasteiger partial charge in [-0.3, -0.25) is 4.68 Å². The molecule has 2 N–H and O–H groups in total. The number of H-pyrrole nitrogens is 1. The zero-order valence-corrected chi connectivity index (χ0v) is 13.5. The third-order valence-electron chi connectivity index (χ3n) is 3.43. The van der Waals surface area contributed by atoms with Gasteiger partial charge in [0.15, 0.2) is 0 Å². The predicted octanol–water partition coefficient (Wildman–Crippen LogP) is 1.97. The molecule has 0 aliphatic heterocycles. The summed E-state index contributed by atoms with van der Waals surface area (Å²) in [7, 11) is 0. The molecule has 2 heterocycles. The lowest BCUT2D eigenvalue weighted by molar-refractivity contribution is 0.292. The van der Waals surface area contributed by atoms with Crippen LogP contribution in [0.4, 0.5) is 5.69 Å². The Kier molecular flexibility index (Phi) is 5.01. The summed E-state index contributed by atoms with van der Waals surface area (Å²) in [5, 5.41) is 29.6. The van der Waals surface area contributed by atoms with Gasteiger partial charge in [-0.1, -0.05) is 0 Å². The summed E-state index contributed by atoms with van der Waals surface area (Å²) in [6.07, 6.45) is 3.29. The standard InChI is InChI=1S/C16H16N8O/c1-2-24-14(7-8-19-24)11-25-15-5-3-13(4-6-15)18-10-12(9-17)16-20-22-23-21-16/h3-8,10,18H,2,11H2,1H3,(H,20,21,22,23). The number of aromatic amines is 1. The van der Waals surface area contributed by atoms with Crippen molar-refractivity contribution in [2.24, 2.45) is 0 Å². The number of anilines is 1. The van der Waals surface area contributed by atoms with Gasteiger partial charge in [0, 0.05) is 24.6 Å². The topological polar surface area (TPSA) is 117 Å². The molecule has 0 radical (unpaired) electrons. The van der Waals surface area contributed by atoms with Crippen LogP contribution in [0.1, 0.15) is 18.4 Å². The zero-order valence-electron chi connectivity index (χ0n) is 13.5. The van der Waals surface area contributed by atoms with Crippen molar-refractivity contribution in [1.82, 2.24) is 30.4 Å². The number of tetrazole rings is 1. The first-order chi connectivity index (χ1) is 12.3. The largest absolute Gasteiger partial charge is 0.487 e. The number of nitriles is 1. The molecule has 9 nitrogen and oxygen atoms in total. The summed E-state index contributed by atoms with van der Waals surface area (Å²) in [4.78, 5) is 0. The van der Waals surface area contributed by atoms with Crippen molar-refractivity contribution in [2.75, 3.05) is 5.32 Å². The third-order valence-corrected chi connectivity index (χ3v) is 3.43. The molecule has 1 aromatic carbocycles. The number of benzene rings is 1. The number of nitrogens with zero attached hydrogens (tertiary/aromatic N) is 6. The summed E-state index contributed by atoms with van der Waals surface area (Å²) in [6.45, 7) is 3.30. The van der Waals surface area contributed by atoms with E-state index in [9.17, 15) is 0 Å². The quantitative estimate of drug-likeness (QED) is 0.633. The molecular formula is C16H16N8O. The number of aryl methyl sites for hydroxylation is 1. The Morgan fingerprint density at radius 1 is 1.36 bits per heavy atom. The summed E-state index contributed by atoms with van der Waals surface area (Å²) < 4.78 is 7.66. The van der Waals surface area contributed by atoms with E-state index in [1.807, 2.05) is 48.0 Å². The van der Waals surface area contributed by atoms with E-state index in [0.717, 1.165) is 23.7 Å². The van der Waals surface area contributed by atoms with Gasteiger partial charge in [-0.15, -0.1) is 10.2 Å². The lowest BCUT2D eigenvalue weighted by Gasteiger charge is -2.08. The molecule has 0 aliphatic rings. The van der Waals surface area contributed by atoms with Crippen molar-refractivity contribution >= 4 is 11.3 Å². The molecule has 3 rings (SSSR count). The first-order valence-electron chi connectivity index (χ1n) is 7.64. The average molecular weight is 336 g/mol. The number of rotatable bonds is 7. The summed E-state index contributed by atoms with van der Waals surface area (Å²) in [5.41, 5.74) is 2.11. The first kappa shape index (κ1) is 16.2. The van der Waals surface area contributed by atoms with Crippen molar-refractivity contribution in [1.29, 1.82) is 5.26 Å². The van der Waals surface area contributed by atoms with Gasteiger partial charge in [0.2, 0.25) is 5.82 Å². The van der Waals surface area contributed by atoms with E-state index < -0.39 is 0 Å². The number of ether oxygens (including phenoxy) is 1. The molecule has 0 spiro atoms. The Labute approximate surface area is 143 Å². The second-order valence-electron chi connectivity index (χ2n) is 5.00. The molecule has 0 amide bonds. The Morgan fingerprint density at radius 2 is 2.20 bits per heavy atom. The van der Waals surface area contributed by atoms with Crippen LogP contribution in [-0.4, -0.2) is 30.4 Å². The van der Waals surface area contributed by atoms with E-state index in [2.05, 4.69) is 31.0 Å². The van der Waals surface area contributed by atoms with Crippen molar-refractivity contribution in [2.45, 2.75) is 20.1 Å². The van der Waals surface area contributed by atoms with Crippen LogP contribution < -0.4 is 10.1 Å². The zero-order chi connectivity index (χ0) is 17.5. The lowest BCUT2D eigenvalue weighted by Crippen LogP contribution is -2.05. The van der Waals surface area contributed by atoms with Crippen LogP contribution in [0, 0.1) is 11.3 Å². The number of hydrogen-bond acceptors (Lipinski definition) is 7. The normalized spacial score (nSPS) is 11.1. The van der Waals surface area contributed by atoms with Crippen LogP contribution in [0.25, 0.3) is 5.57 Å². The molecular weight excluding hydrogens is 320 g/mol. The van der Waals surface area contributed by atoms with Crippen molar-refractivity contribution in [3.05, 3.63) is 54.2 Å². The minimum absolute atomic E-state index is 0.238. The van der Waals surface area contributed by atoms with E-state index >= 15 is 0 Å². The molecule has 9 heteroatoms. The number of allylic oxidation sites excluding steroid dienone is 1. The van der Waals surface area contributed by atoms with Gasteiger partial charge in [-0.25, -0.2) is 0 Å². The Balaban J connectivity index is 1.60. The van der Waals surface area contributed by atoms with Crippen molar-refractivity contribution < 1.29 is 4.74 Å². The van der Waals surface area contributed by atoms with Gasteiger partial charge in [0.25, 0.3) is 0 Å². The molecule has 2 aromatic heterocycles. The van der Waals surface area contributed by atoms with Crippen LogP contribution in [0.2, 0.25) is 0 Å². The number of hydrogen-bond donors (Lipinski definition) is 2. The van der Waals surface area contributed by atoms with Crippen LogP contribution in [-0.2, 0) is 13.2 Å². The van der Waals surface area contributed by atoms with E-state index in [1.165, 1.54) is 6.20 Å². The maximum absolute atomic E-state index is 9.12. The van der Waals surface area contributed by atoms with E-state index in [1.54, 1.807) is 6.20 Å². The summed E-state index contributed by atoms with van der Waals surface area (Å²) >= 11 is 0. The molecule has 0 bridgehead atoms. The van der Waals surface area contributed by atoms with E-state index in [-0.39, 0.29) is 11.4 Å². The predicted molar refractivity (Wildman–Crippen MR) is 90.1 cm³/mol. The highest BCUT2D eigenvalue weighted by Crippen LogP contribution is 2.18. The Bertz CT molecular complexity index is 874. The van der Waals surface area contributed by atoms with Crippen LogP contribution in [0.15, 0.2) is 42.7 Å². The molecule has 3 aromatic rings. The van der Waals surface area contributed by atoms with Crippen LogP contribution in [0.5, 0.6) is 5.75 Å². The fourth-order valence-electron chi connectivity index (χ4n) is 2.15. The van der Waals surface area contributed by atoms with Gasteiger partial charge in [-0.2, -0.15) is 15.6 Å². The smallest absolute Gasteiger partial charge is 0.216 e. The molecule has 0 saturated heterocycles. The molecule has 0 unspecified atom stereocenters. The summed E-state index contributed by atoms with van der Waals surface area (Å²) in [5.74, 6) is 0.986. The van der Waals surface area contributed by atoms with Gasteiger partial charge in [0.1, 0.15) is 24.0 Å². The fourth-order valence-corrected chi connectivity index (χ4v) is 2.15. The van der Waals surface area contributed by atoms with Gasteiger partial charge < -0.3 is 10.1 Å². The van der Waals surface area contributed by atoms with Crippen LogP contribution >= 0.6 is 0 Å². The third kappa shape index (κ3) is 4.00. The van der Waals surface area contributed by atoms with E-state index in [4.69, 9.17) is 10.00 Å². The SMILES string of the molecule is CCn1nccc1COc1ccc(NC=C(C#N)c2nn[nH]n2)cc1. The van der Waals surface area contributed by atoms with Crippen molar-refractivity contribution in [3.63, 3.8) is 0 Å².